The lowest BCUT2D eigenvalue weighted by Crippen LogP contribution is -2.37. The summed E-state index contributed by atoms with van der Waals surface area (Å²) >= 11 is 0. The molecule has 4 aromatic rings. The number of aryl methyl sites for hydroxylation is 1. The van der Waals surface area contributed by atoms with Gasteiger partial charge < -0.3 is 20.1 Å². The number of hydrogen-bond donors (Lipinski definition) is 3. The van der Waals surface area contributed by atoms with Crippen LogP contribution in [0.25, 0.3) is 5.65 Å². The molecule has 2 aromatic carbocycles. The van der Waals surface area contributed by atoms with Crippen molar-refractivity contribution in [3.05, 3.63) is 102 Å². The van der Waals surface area contributed by atoms with Gasteiger partial charge in [-0.15, -0.1) is 0 Å². The molecule has 0 radical (unpaired) electrons. The molecule has 33 heavy (non-hydrogen) atoms. The molecule has 0 saturated carbocycles. The molecule has 4 rings (SSSR count). The van der Waals surface area contributed by atoms with Crippen molar-refractivity contribution in [1.29, 1.82) is 0 Å². The summed E-state index contributed by atoms with van der Waals surface area (Å²) in [5, 5.41) is 15.1. The van der Waals surface area contributed by atoms with E-state index < -0.39 is 23.9 Å². The molecule has 0 bridgehead atoms. The highest BCUT2D eigenvalue weighted by molar-refractivity contribution is 5.95. The zero-order chi connectivity index (χ0) is 23.8. The standard InChI is InChI=1S/C17H17FN2O3.C8H8N2/c1-11(16(22)12-5-3-2-4-6-12)20-17(23)13-7-8-14(18)15(9-13)19-10-21;1-7-6-9-8-4-2-3-5-10(7)8/h2-11,16,22H,1H3,(H,19,21)(H,20,23);2-6H,1H3. The predicted molar refractivity (Wildman–Crippen MR) is 124 cm³/mol. The number of halogens is 1. The van der Waals surface area contributed by atoms with E-state index in [2.05, 4.69) is 20.0 Å². The molecule has 2 unspecified atom stereocenters. The number of anilines is 1. The second-order valence-electron chi connectivity index (χ2n) is 7.40. The summed E-state index contributed by atoms with van der Waals surface area (Å²) in [7, 11) is 0. The molecule has 7 nitrogen and oxygen atoms in total. The number of rotatable bonds is 6. The first-order valence-electron chi connectivity index (χ1n) is 10.3. The smallest absolute Gasteiger partial charge is 0.251 e. The van der Waals surface area contributed by atoms with Crippen molar-refractivity contribution in [3.63, 3.8) is 0 Å². The number of benzene rings is 2. The van der Waals surface area contributed by atoms with E-state index in [1.807, 2.05) is 43.6 Å². The van der Waals surface area contributed by atoms with Crippen LogP contribution in [0.5, 0.6) is 0 Å². The van der Waals surface area contributed by atoms with Crippen LogP contribution in [0.2, 0.25) is 0 Å². The van der Waals surface area contributed by atoms with Gasteiger partial charge in [0.2, 0.25) is 6.41 Å². The van der Waals surface area contributed by atoms with Crippen molar-refractivity contribution in [2.45, 2.75) is 26.0 Å². The average molecular weight is 448 g/mol. The molecular formula is C25H25FN4O3. The first-order valence-corrected chi connectivity index (χ1v) is 10.3. The lowest BCUT2D eigenvalue weighted by atomic mass is 10.0. The van der Waals surface area contributed by atoms with Gasteiger partial charge in [0.25, 0.3) is 5.91 Å². The number of aromatic nitrogens is 2. The van der Waals surface area contributed by atoms with E-state index in [0.29, 0.717) is 12.0 Å². The van der Waals surface area contributed by atoms with Crippen molar-refractivity contribution in [1.82, 2.24) is 14.7 Å². The highest BCUT2D eigenvalue weighted by Gasteiger charge is 2.19. The third-order valence-corrected chi connectivity index (χ3v) is 5.02. The van der Waals surface area contributed by atoms with Crippen LogP contribution in [0.1, 0.15) is 34.6 Å². The van der Waals surface area contributed by atoms with Crippen LogP contribution in [0.15, 0.2) is 79.1 Å². The van der Waals surface area contributed by atoms with Crippen LogP contribution in [0.3, 0.4) is 0 Å². The van der Waals surface area contributed by atoms with Gasteiger partial charge in [-0.3, -0.25) is 9.59 Å². The molecule has 0 aliphatic heterocycles. The molecule has 3 N–H and O–H groups in total. The molecule has 170 valence electrons. The summed E-state index contributed by atoms with van der Waals surface area (Å²) in [6, 6.07) is 18.0. The fraction of sp³-hybridized carbons (Fsp3) is 0.160. The fourth-order valence-corrected chi connectivity index (χ4v) is 3.21. The second kappa shape index (κ2) is 11.0. The topological polar surface area (TPSA) is 95.7 Å². The SMILES string of the molecule is CC(NC(=O)c1ccc(F)c(NC=O)c1)C(O)c1ccccc1.Cc1cnc2ccccn12. The zero-order valence-corrected chi connectivity index (χ0v) is 18.3. The lowest BCUT2D eigenvalue weighted by molar-refractivity contribution is -0.105. The van der Waals surface area contributed by atoms with Crippen molar-refractivity contribution in [3.8, 4) is 0 Å². The number of carbonyl (C=O) groups excluding carboxylic acids is 2. The number of imidazole rings is 1. The van der Waals surface area contributed by atoms with E-state index in [4.69, 9.17) is 0 Å². The maximum absolute atomic E-state index is 13.4. The summed E-state index contributed by atoms with van der Waals surface area (Å²) in [6.45, 7) is 3.71. The van der Waals surface area contributed by atoms with Crippen molar-refractivity contribution in [2.75, 3.05) is 5.32 Å². The number of pyridine rings is 1. The average Bonchev–Trinajstić information content (AvgIpc) is 3.22. The highest BCUT2D eigenvalue weighted by atomic mass is 19.1. The molecular weight excluding hydrogens is 423 g/mol. The van der Waals surface area contributed by atoms with Gasteiger partial charge in [0, 0.05) is 23.7 Å². The molecule has 0 aliphatic carbocycles. The minimum absolute atomic E-state index is 0.0797. The Hall–Kier alpha value is -4.04. The first kappa shape index (κ1) is 23.6. The van der Waals surface area contributed by atoms with E-state index in [1.54, 1.807) is 31.2 Å². The Kier molecular flexibility index (Phi) is 7.88. The fourth-order valence-electron chi connectivity index (χ4n) is 3.21. The zero-order valence-electron chi connectivity index (χ0n) is 18.3. The normalized spacial score (nSPS) is 12.2. The summed E-state index contributed by atoms with van der Waals surface area (Å²) in [5.74, 6) is -1.10. The number of amides is 2. The summed E-state index contributed by atoms with van der Waals surface area (Å²) in [5.41, 5.74) is 2.98. The van der Waals surface area contributed by atoms with Gasteiger partial charge in [-0.05, 0) is 49.7 Å². The molecule has 0 saturated heterocycles. The molecule has 2 aromatic heterocycles. The Balaban J connectivity index is 0.000000252. The molecule has 2 amide bonds. The minimum Gasteiger partial charge on any atom is -0.386 e. The van der Waals surface area contributed by atoms with E-state index in [0.717, 1.165) is 11.7 Å². The van der Waals surface area contributed by atoms with Crippen LogP contribution in [-0.2, 0) is 4.79 Å². The molecule has 0 aliphatic rings. The van der Waals surface area contributed by atoms with Gasteiger partial charge in [-0.25, -0.2) is 9.37 Å². The van der Waals surface area contributed by atoms with E-state index in [-0.39, 0.29) is 11.3 Å². The number of carbonyl (C=O) groups is 2. The molecule has 2 heterocycles. The number of aliphatic hydroxyl groups is 1. The monoisotopic (exact) mass is 448 g/mol. The quantitative estimate of drug-likeness (QED) is 0.390. The Labute approximate surface area is 190 Å². The maximum atomic E-state index is 13.4. The number of aliphatic hydroxyl groups excluding tert-OH is 1. The maximum Gasteiger partial charge on any atom is 0.251 e. The van der Waals surface area contributed by atoms with Crippen molar-refractivity contribution < 1.29 is 19.1 Å². The van der Waals surface area contributed by atoms with Crippen LogP contribution >= 0.6 is 0 Å². The predicted octanol–water partition coefficient (Wildman–Crippen LogP) is 3.89. The molecule has 0 fully saturated rings. The minimum atomic E-state index is -0.867. The van der Waals surface area contributed by atoms with E-state index in [9.17, 15) is 19.1 Å². The van der Waals surface area contributed by atoms with Crippen LogP contribution in [0, 0.1) is 12.7 Å². The number of hydrogen-bond acceptors (Lipinski definition) is 4. The molecule has 2 atom stereocenters. The summed E-state index contributed by atoms with van der Waals surface area (Å²) in [6.07, 6.45) is 3.35. The van der Waals surface area contributed by atoms with Gasteiger partial charge in [0.1, 0.15) is 11.5 Å². The number of nitrogens with zero attached hydrogens (tertiary/aromatic N) is 2. The Morgan fingerprint density at radius 3 is 2.55 bits per heavy atom. The van der Waals surface area contributed by atoms with Gasteiger partial charge in [-0.1, -0.05) is 36.4 Å². The van der Waals surface area contributed by atoms with Crippen molar-refractivity contribution in [2.24, 2.45) is 0 Å². The highest BCUT2D eigenvalue weighted by Crippen LogP contribution is 2.18. The third-order valence-electron chi connectivity index (χ3n) is 5.02. The Bertz CT molecular complexity index is 1230. The number of fused-ring (bicyclic) bond motifs is 1. The Morgan fingerprint density at radius 2 is 1.85 bits per heavy atom. The van der Waals surface area contributed by atoms with Gasteiger partial charge >= 0.3 is 0 Å². The van der Waals surface area contributed by atoms with E-state index in [1.165, 1.54) is 17.8 Å². The Morgan fingerprint density at radius 1 is 1.12 bits per heavy atom. The van der Waals surface area contributed by atoms with E-state index >= 15 is 0 Å². The van der Waals surface area contributed by atoms with Gasteiger partial charge in [0.15, 0.2) is 0 Å². The van der Waals surface area contributed by atoms with Gasteiger partial charge in [0.05, 0.1) is 17.8 Å². The molecule has 0 spiro atoms. The summed E-state index contributed by atoms with van der Waals surface area (Å²) in [4.78, 5) is 26.8. The largest absolute Gasteiger partial charge is 0.386 e. The third kappa shape index (κ3) is 6.02. The summed E-state index contributed by atoms with van der Waals surface area (Å²) < 4.78 is 15.5. The second-order valence-corrected chi connectivity index (χ2v) is 7.40. The van der Waals surface area contributed by atoms with Gasteiger partial charge in [-0.2, -0.15) is 0 Å². The van der Waals surface area contributed by atoms with Crippen LogP contribution in [-0.4, -0.2) is 32.9 Å². The van der Waals surface area contributed by atoms with Crippen LogP contribution in [0.4, 0.5) is 10.1 Å². The lowest BCUT2D eigenvalue weighted by Gasteiger charge is -2.20. The first-order chi connectivity index (χ1) is 15.9. The van der Waals surface area contributed by atoms with Crippen molar-refractivity contribution >= 4 is 23.7 Å². The number of nitrogens with one attached hydrogen (secondary N) is 2. The van der Waals surface area contributed by atoms with Crippen LogP contribution < -0.4 is 10.6 Å². The molecule has 8 heteroatoms.